The number of halogens is 3. The van der Waals surface area contributed by atoms with Gasteiger partial charge in [0.25, 0.3) is 0 Å². The first-order valence-corrected chi connectivity index (χ1v) is 11.4. The Labute approximate surface area is 190 Å². The number of carbonyl (C=O) groups is 2. The molecule has 4 aliphatic rings. The summed E-state index contributed by atoms with van der Waals surface area (Å²) < 4.78 is 45.4. The van der Waals surface area contributed by atoms with Crippen LogP contribution in [-0.2, 0) is 9.53 Å². The molecule has 0 bridgehead atoms. The van der Waals surface area contributed by atoms with Crippen molar-refractivity contribution in [2.45, 2.75) is 44.0 Å². The fraction of sp³-hybridized carbons (Fsp3) is 0.682. The molecule has 180 valence electrons. The zero-order valence-electron chi connectivity index (χ0n) is 18.5. The number of piperidine rings is 1. The summed E-state index contributed by atoms with van der Waals surface area (Å²) in [6.07, 6.45) is -1.85. The maximum atomic E-state index is 13.3. The van der Waals surface area contributed by atoms with E-state index in [0.717, 1.165) is 5.69 Å². The Bertz CT molecular complexity index is 921. The van der Waals surface area contributed by atoms with Crippen LogP contribution >= 0.6 is 0 Å². The van der Waals surface area contributed by atoms with Crippen LogP contribution in [0.15, 0.2) is 18.3 Å². The lowest BCUT2D eigenvalue weighted by molar-refractivity contribution is -0.209. The molecule has 1 aromatic heterocycles. The van der Waals surface area contributed by atoms with Crippen LogP contribution < -0.4 is 10.2 Å². The summed E-state index contributed by atoms with van der Waals surface area (Å²) in [6, 6.07) is 3.46. The molecule has 1 aromatic rings. The molecule has 4 aliphatic heterocycles. The van der Waals surface area contributed by atoms with Gasteiger partial charge in [-0.2, -0.15) is 13.2 Å². The van der Waals surface area contributed by atoms with Crippen LogP contribution in [0.3, 0.4) is 0 Å². The Morgan fingerprint density at radius 1 is 1.21 bits per heavy atom. The van der Waals surface area contributed by atoms with Gasteiger partial charge in [-0.25, -0.2) is 4.79 Å². The van der Waals surface area contributed by atoms with E-state index in [0.29, 0.717) is 44.8 Å². The normalized spacial score (nSPS) is 30.7. The number of aromatic nitrogens is 1. The van der Waals surface area contributed by atoms with E-state index >= 15 is 0 Å². The molecule has 8 nitrogen and oxygen atoms in total. The number of fused-ring (bicyclic) bond motifs is 1. The molecule has 0 aliphatic carbocycles. The lowest BCUT2D eigenvalue weighted by Gasteiger charge is -2.46. The molecule has 0 saturated carbocycles. The summed E-state index contributed by atoms with van der Waals surface area (Å²) in [5.41, 5.74) is -0.160. The number of carbonyl (C=O) groups excluding carboxylic acids is 2. The molecule has 1 N–H and O–H groups in total. The molecule has 5 rings (SSSR count). The third-order valence-electron chi connectivity index (χ3n) is 7.46. The minimum Gasteiger partial charge on any atom is -0.369 e. The average Bonchev–Trinajstić information content (AvgIpc) is 3.16. The maximum Gasteiger partial charge on any atom is 0.395 e. The highest BCUT2D eigenvalue weighted by Gasteiger charge is 2.54. The number of amides is 3. The first kappa shape index (κ1) is 22.2. The SMILES string of the molecule is CC1(C(F)(F)F)CCN(c2ccc(C3CN(C(=O)N4CC[C@@H]5OCC(=O)N[C@@H]5C4)C3)nc2)C1. The number of ether oxygens (including phenoxy) is 1. The van der Waals surface area contributed by atoms with Gasteiger partial charge in [0.05, 0.1) is 29.4 Å². The Morgan fingerprint density at radius 2 is 2.00 bits per heavy atom. The monoisotopic (exact) mass is 467 g/mol. The highest BCUT2D eigenvalue weighted by molar-refractivity contribution is 5.79. The second-order valence-corrected chi connectivity index (χ2v) is 9.81. The van der Waals surface area contributed by atoms with E-state index in [2.05, 4.69) is 10.3 Å². The van der Waals surface area contributed by atoms with E-state index in [4.69, 9.17) is 4.74 Å². The van der Waals surface area contributed by atoms with E-state index < -0.39 is 11.6 Å². The molecule has 5 heterocycles. The van der Waals surface area contributed by atoms with Gasteiger partial charge < -0.3 is 24.8 Å². The van der Waals surface area contributed by atoms with E-state index in [1.54, 1.807) is 20.9 Å². The van der Waals surface area contributed by atoms with Crippen LogP contribution in [-0.4, -0.2) is 90.9 Å². The predicted molar refractivity (Wildman–Crippen MR) is 113 cm³/mol. The summed E-state index contributed by atoms with van der Waals surface area (Å²) in [7, 11) is 0. The third-order valence-corrected chi connectivity index (χ3v) is 7.46. The molecule has 33 heavy (non-hydrogen) atoms. The summed E-state index contributed by atoms with van der Waals surface area (Å²) in [4.78, 5) is 34.2. The number of pyridine rings is 1. The summed E-state index contributed by atoms with van der Waals surface area (Å²) in [6.45, 7) is 3.77. The van der Waals surface area contributed by atoms with Crippen molar-refractivity contribution in [2.24, 2.45) is 5.41 Å². The zero-order chi connectivity index (χ0) is 23.4. The van der Waals surface area contributed by atoms with Gasteiger partial charge >= 0.3 is 12.2 Å². The van der Waals surface area contributed by atoms with Gasteiger partial charge in [-0.15, -0.1) is 0 Å². The van der Waals surface area contributed by atoms with Gasteiger partial charge in [-0.3, -0.25) is 9.78 Å². The van der Waals surface area contributed by atoms with Crippen molar-refractivity contribution in [2.75, 3.05) is 50.8 Å². The number of anilines is 1. The molecule has 11 heteroatoms. The van der Waals surface area contributed by atoms with Crippen molar-refractivity contribution in [3.63, 3.8) is 0 Å². The Balaban J connectivity index is 1.13. The zero-order valence-corrected chi connectivity index (χ0v) is 18.5. The number of rotatable bonds is 2. The quantitative estimate of drug-likeness (QED) is 0.720. The lowest BCUT2D eigenvalue weighted by Crippen LogP contribution is -2.63. The number of alkyl halides is 3. The van der Waals surface area contributed by atoms with Crippen LogP contribution in [0.5, 0.6) is 0 Å². The molecular weight excluding hydrogens is 439 g/mol. The molecule has 0 spiro atoms. The Hall–Kier alpha value is -2.56. The predicted octanol–water partition coefficient (Wildman–Crippen LogP) is 1.97. The van der Waals surface area contributed by atoms with Crippen molar-refractivity contribution >= 4 is 17.6 Å². The summed E-state index contributed by atoms with van der Waals surface area (Å²) >= 11 is 0. The molecule has 0 radical (unpaired) electrons. The van der Waals surface area contributed by atoms with Crippen LogP contribution in [0.1, 0.15) is 31.4 Å². The fourth-order valence-electron chi connectivity index (χ4n) is 5.13. The van der Waals surface area contributed by atoms with E-state index in [-0.39, 0.29) is 49.6 Å². The third kappa shape index (κ3) is 4.11. The molecule has 4 saturated heterocycles. The highest BCUT2D eigenvalue weighted by Crippen LogP contribution is 2.46. The van der Waals surface area contributed by atoms with Crippen molar-refractivity contribution in [3.8, 4) is 0 Å². The van der Waals surface area contributed by atoms with Gasteiger partial charge in [-0.05, 0) is 31.9 Å². The second kappa shape index (κ2) is 8.03. The number of likely N-dealkylation sites (tertiary alicyclic amines) is 2. The number of nitrogens with one attached hydrogen (secondary N) is 1. The molecule has 4 fully saturated rings. The number of hydrogen-bond donors (Lipinski definition) is 1. The van der Waals surface area contributed by atoms with Crippen LogP contribution in [0, 0.1) is 5.41 Å². The number of hydrogen-bond acceptors (Lipinski definition) is 5. The largest absolute Gasteiger partial charge is 0.395 e. The molecule has 3 amide bonds. The molecule has 1 unspecified atom stereocenters. The van der Waals surface area contributed by atoms with Crippen molar-refractivity contribution in [1.82, 2.24) is 20.1 Å². The van der Waals surface area contributed by atoms with E-state index in [1.165, 1.54) is 6.92 Å². The van der Waals surface area contributed by atoms with Gasteiger partial charge in [0.2, 0.25) is 5.91 Å². The summed E-state index contributed by atoms with van der Waals surface area (Å²) in [5.74, 6) is -0.0432. The minimum absolute atomic E-state index is 0.0387. The smallest absolute Gasteiger partial charge is 0.369 e. The fourth-order valence-corrected chi connectivity index (χ4v) is 5.13. The molecule has 0 aromatic carbocycles. The molecule has 3 atom stereocenters. The second-order valence-electron chi connectivity index (χ2n) is 9.81. The van der Waals surface area contributed by atoms with Gasteiger partial charge in [0.15, 0.2) is 0 Å². The van der Waals surface area contributed by atoms with Crippen molar-refractivity contribution < 1.29 is 27.5 Å². The van der Waals surface area contributed by atoms with Crippen molar-refractivity contribution in [1.29, 1.82) is 0 Å². The lowest BCUT2D eigenvalue weighted by atomic mass is 9.89. The highest BCUT2D eigenvalue weighted by atomic mass is 19.4. The maximum absolute atomic E-state index is 13.3. The van der Waals surface area contributed by atoms with Gasteiger partial charge in [0.1, 0.15) is 6.61 Å². The minimum atomic E-state index is -4.22. The number of urea groups is 1. The number of nitrogens with zero attached hydrogens (tertiary/aromatic N) is 4. The van der Waals surface area contributed by atoms with E-state index in [9.17, 15) is 22.8 Å². The molecular formula is C22H28F3N5O3. The van der Waals surface area contributed by atoms with Gasteiger partial charge in [0, 0.05) is 50.9 Å². The van der Waals surface area contributed by atoms with E-state index in [1.807, 2.05) is 12.1 Å². The Kier molecular flexibility index (Phi) is 5.42. The first-order chi connectivity index (χ1) is 15.6. The van der Waals surface area contributed by atoms with Crippen molar-refractivity contribution in [3.05, 3.63) is 24.0 Å². The topological polar surface area (TPSA) is 78.0 Å². The standard InChI is InChI=1S/C22H28F3N5O3/c1-21(22(23,24)25)5-7-29(13-21)15-2-3-16(26-8-15)14-9-30(10-14)20(32)28-6-4-18-17(11-28)27-19(31)12-33-18/h2-3,8,14,17-18H,4-7,9-13H2,1H3,(H,27,31)/t17-,18+,21?/m1/s1. The summed E-state index contributed by atoms with van der Waals surface area (Å²) in [5, 5.41) is 2.90. The van der Waals surface area contributed by atoms with Gasteiger partial charge in [-0.1, -0.05) is 0 Å². The average molecular weight is 467 g/mol. The van der Waals surface area contributed by atoms with Crippen LogP contribution in [0.25, 0.3) is 0 Å². The first-order valence-electron chi connectivity index (χ1n) is 11.4. The van der Waals surface area contributed by atoms with Crippen LogP contribution in [0.4, 0.5) is 23.7 Å². The number of morpholine rings is 1. The van der Waals surface area contributed by atoms with Crippen LogP contribution in [0.2, 0.25) is 0 Å². The Morgan fingerprint density at radius 3 is 2.67 bits per heavy atom.